The highest BCUT2D eigenvalue weighted by Gasteiger charge is 2.20. The predicted molar refractivity (Wildman–Crippen MR) is 99.6 cm³/mol. The molecule has 122 valence electrons. The topological polar surface area (TPSA) is 24.5 Å². The molecule has 0 aliphatic heterocycles. The summed E-state index contributed by atoms with van der Waals surface area (Å²) in [7, 11) is 3.75. The Morgan fingerprint density at radius 3 is 2.04 bits per heavy atom. The number of hydrogen-bond acceptors (Lipinski definition) is 2. The fourth-order valence-corrected chi connectivity index (χ4v) is 2.77. The van der Waals surface area contributed by atoms with Gasteiger partial charge >= 0.3 is 0 Å². The Morgan fingerprint density at radius 1 is 1.04 bits per heavy atom. The summed E-state index contributed by atoms with van der Waals surface area (Å²) in [6.45, 7) is 1.55. The lowest BCUT2D eigenvalue weighted by Crippen LogP contribution is -2.40. The standard InChI is InChI=1S/C19H24N2OS/c1-21(19(23)20-14-9-15-22-2)18(16-10-5-3-6-11-16)17-12-7-4-8-13-17/h3-8,10-13,18H,9,14-15H2,1-2H3,(H,20,23). The second-order valence-corrected chi connectivity index (χ2v) is 5.80. The lowest BCUT2D eigenvalue weighted by atomic mass is 9.98. The molecule has 2 aromatic rings. The first kappa shape index (κ1) is 17.4. The number of methoxy groups -OCH3 is 1. The molecule has 1 N–H and O–H groups in total. The second kappa shape index (κ2) is 9.28. The minimum atomic E-state index is 0.0971. The highest BCUT2D eigenvalue weighted by molar-refractivity contribution is 7.80. The van der Waals surface area contributed by atoms with Gasteiger partial charge in [0, 0.05) is 27.3 Å². The van der Waals surface area contributed by atoms with Crippen molar-refractivity contribution in [1.82, 2.24) is 10.2 Å². The Morgan fingerprint density at radius 2 is 1.57 bits per heavy atom. The molecule has 0 saturated heterocycles. The van der Waals surface area contributed by atoms with Gasteiger partial charge in [-0.1, -0.05) is 60.7 Å². The number of ether oxygens (including phenoxy) is 1. The van der Waals surface area contributed by atoms with Crippen LogP contribution >= 0.6 is 12.2 Å². The van der Waals surface area contributed by atoms with E-state index in [0.29, 0.717) is 0 Å². The number of thiocarbonyl (C=S) groups is 1. The molecule has 3 nitrogen and oxygen atoms in total. The molecular weight excluding hydrogens is 304 g/mol. The number of benzene rings is 2. The molecule has 0 atom stereocenters. The van der Waals surface area contributed by atoms with Gasteiger partial charge in [0.2, 0.25) is 0 Å². The van der Waals surface area contributed by atoms with Crippen molar-refractivity contribution < 1.29 is 4.74 Å². The highest BCUT2D eigenvalue weighted by Crippen LogP contribution is 2.27. The van der Waals surface area contributed by atoms with Crippen LogP contribution in [-0.2, 0) is 4.74 Å². The van der Waals surface area contributed by atoms with Crippen molar-refractivity contribution in [3.05, 3.63) is 71.8 Å². The van der Waals surface area contributed by atoms with Gasteiger partial charge in [0.05, 0.1) is 6.04 Å². The van der Waals surface area contributed by atoms with E-state index in [4.69, 9.17) is 17.0 Å². The Balaban J connectivity index is 2.15. The molecule has 0 aliphatic carbocycles. The molecule has 0 aromatic heterocycles. The largest absolute Gasteiger partial charge is 0.385 e. The Kier molecular flexibility index (Phi) is 7.04. The van der Waals surface area contributed by atoms with E-state index in [1.807, 2.05) is 19.2 Å². The molecule has 0 amide bonds. The van der Waals surface area contributed by atoms with Crippen molar-refractivity contribution in [3.8, 4) is 0 Å². The molecular formula is C19H24N2OS. The minimum Gasteiger partial charge on any atom is -0.385 e. The van der Waals surface area contributed by atoms with E-state index in [1.165, 1.54) is 11.1 Å². The summed E-state index contributed by atoms with van der Waals surface area (Å²) in [6, 6.07) is 21.0. The van der Waals surface area contributed by atoms with Crippen LogP contribution in [0.4, 0.5) is 0 Å². The van der Waals surface area contributed by atoms with Crippen LogP contribution in [0.3, 0.4) is 0 Å². The molecule has 0 saturated carbocycles. The molecule has 0 bridgehead atoms. The van der Waals surface area contributed by atoms with E-state index in [9.17, 15) is 0 Å². The number of nitrogens with zero attached hydrogens (tertiary/aromatic N) is 1. The fraction of sp³-hybridized carbons (Fsp3) is 0.316. The lowest BCUT2D eigenvalue weighted by molar-refractivity contribution is 0.195. The Bertz CT molecular complexity index is 549. The average Bonchev–Trinajstić information content (AvgIpc) is 2.60. The summed E-state index contributed by atoms with van der Waals surface area (Å²) in [6.07, 6.45) is 0.936. The van der Waals surface area contributed by atoms with Crippen LogP contribution in [0.15, 0.2) is 60.7 Å². The maximum atomic E-state index is 5.58. The lowest BCUT2D eigenvalue weighted by Gasteiger charge is -2.31. The van der Waals surface area contributed by atoms with Crippen molar-refractivity contribution >= 4 is 17.3 Å². The fourth-order valence-electron chi connectivity index (χ4n) is 2.56. The van der Waals surface area contributed by atoms with Gasteiger partial charge in [0.1, 0.15) is 0 Å². The third-order valence-electron chi connectivity index (χ3n) is 3.74. The third kappa shape index (κ3) is 5.05. The predicted octanol–water partition coefficient (Wildman–Crippen LogP) is 3.62. The minimum absolute atomic E-state index is 0.0971. The maximum Gasteiger partial charge on any atom is 0.169 e. The molecule has 0 heterocycles. The van der Waals surface area contributed by atoms with E-state index < -0.39 is 0 Å². The van der Waals surface area contributed by atoms with E-state index >= 15 is 0 Å². The molecule has 2 aromatic carbocycles. The first-order valence-corrected chi connectivity index (χ1v) is 8.24. The quantitative estimate of drug-likeness (QED) is 0.620. The summed E-state index contributed by atoms with van der Waals surface area (Å²) in [5.74, 6) is 0. The molecule has 23 heavy (non-hydrogen) atoms. The van der Waals surface area contributed by atoms with E-state index in [0.717, 1.165) is 24.7 Å². The van der Waals surface area contributed by atoms with E-state index in [1.54, 1.807) is 7.11 Å². The zero-order valence-electron chi connectivity index (χ0n) is 13.7. The summed E-state index contributed by atoms with van der Waals surface area (Å²) < 4.78 is 5.07. The summed E-state index contributed by atoms with van der Waals surface area (Å²) in [5.41, 5.74) is 2.45. The van der Waals surface area contributed by atoms with E-state index in [-0.39, 0.29) is 6.04 Å². The second-order valence-electron chi connectivity index (χ2n) is 5.41. The zero-order chi connectivity index (χ0) is 16.5. The van der Waals surface area contributed by atoms with E-state index in [2.05, 4.69) is 58.7 Å². The maximum absolute atomic E-state index is 5.58. The van der Waals surface area contributed by atoms with Crippen LogP contribution in [0.2, 0.25) is 0 Å². The van der Waals surface area contributed by atoms with Gasteiger partial charge in [-0.2, -0.15) is 0 Å². The smallest absolute Gasteiger partial charge is 0.169 e. The molecule has 0 fully saturated rings. The summed E-state index contributed by atoms with van der Waals surface area (Å²) in [5, 5.41) is 4.06. The van der Waals surface area contributed by atoms with Gasteiger partial charge in [-0.05, 0) is 29.8 Å². The Hall–Kier alpha value is -1.91. The Labute approximate surface area is 144 Å². The zero-order valence-corrected chi connectivity index (χ0v) is 14.6. The van der Waals surface area contributed by atoms with Crippen LogP contribution in [0, 0.1) is 0 Å². The first-order chi connectivity index (χ1) is 11.2. The highest BCUT2D eigenvalue weighted by atomic mass is 32.1. The molecule has 0 unspecified atom stereocenters. The number of hydrogen-bond donors (Lipinski definition) is 1. The molecule has 0 aliphatic rings. The number of nitrogens with one attached hydrogen (secondary N) is 1. The molecule has 0 radical (unpaired) electrons. The van der Waals surface area contributed by atoms with Gasteiger partial charge in [0.15, 0.2) is 5.11 Å². The van der Waals surface area contributed by atoms with Gasteiger partial charge < -0.3 is 15.0 Å². The van der Waals surface area contributed by atoms with Crippen molar-refractivity contribution in [1.29, 1.82) is 0 Å². The molecule has 4 heteroatoms. The molecule has 0 spiro atoms. The van der Waals surface area contributed by atoms with Crippen LogP contribution in [0.1, 0.15) is 23.6 Å². The molecule has 2 rings (SSSR count). The number of rotatable bonds is 7. The van der Waals surface area contributed by atoms with Crippen LogP contribution in [-0.4, -0.2) is 37.3 Å². The van der Waals surface area contributed by atoms with Crippen molar-refractivity contribution in [2.45, 2.75) is 12.5 Å². The van der Waals surface area contributed by atoms with Crippen molar-refractivity contribution in [2.75, 3.05) is 27.3 Å². The van der Waals surface area contributed by atoms with Gasteiger partial charge in [0.25, 0.3) is 0 Å². The third-order valence-corrected chi connectivity index (χ3v) is 4.17. The van der Waals surface area contributed by atoms with Crippen LogP contribution in [0.25, 0.3) is 0 Å². The summed E-state index contributed by atoms with van der Waals surface area (Å²) >= 11 is 5.58. The van der Waals surface area contributed by atoms with Gasteiger partial charge in [-0.15, -0.1) is 0 Å². The van der Waals surface area contributed by atoms with Crippen molar-refractivity contribution in [3.63, 3.8) is 0 Å². The average molecular weight is 328 g/mol. The van der Waals surface area contributed by atoms with Gasteiger partial charge in [-0.25, -0.2) is 0 Å². The van der Waals surface area contributed by atoms with Crippen LogP contribution < -0.4 is 5.32 Å². The normalized spacial score (nSPS) is 10.6. The summed E-state index contributed by atoms with van der Waals surface area (Å²) in [4.78, 5) is 2.12. The first-order valence-electron chi connectivity index (χ1n) is 7.83. The van der Waals surface area contributed by atoms with Crippen molar-refractivity contribution in [2.24, 2.45) is 0 Å². The van der Waals surface area contributed by atoms with Crippen LogP contribution in [0.5, 0.6) is 0 Å². The SMILES string of the molecule is COCCCNC(=S)N(C)C(c1ccccc1)c1ccccc1. The van der Waals surface area contributed by atoms with Gasteiger partial charge in [-0.3, -0.25) is 0 Å². The monoisotopic (exact) mass is 328 g/mol.